The Morgan fingerprint density at radius 2 is 1.75 bits per heavy atom. The standard InChI is InChI=1S/C17H18F2N4O/c18-13-4-3-5-14(19)17(13)21-12-16(24)23-10-8-22(9-11-23)15-6-1-2-7-20-15/h1-7,21H,8-12H2. The highest BCUT2D eigenvalue weighted by molar-refractivity contribution is 5.81. The average Bonchev–Trinajstić information content (AvgIpc) is 2.62. The van der Waals surface area contributed by atoms with Crippen LogP contribution in [0.25, 0.3) is 0 Å². The molecule has 126 valence electrons. The van der Waals surface area contributed by atoms with Crippen LogP contribution in [-0.4, -0.2) is 48.5 Å². The van der Waals surface area contributed by atoms with Crippen molar-refractivity contribution < 1.29 is 13.6 Å². The molecule has 1 fully saturated rings. The smallest absolute Gasteiger partial charge is 0.241 e. The highest BCUT2D eigenvalue weighted by atomic mass is 19.1. The molecule has 0 atom stereocenters. The van der Waals surface area contributed by atoms with Crippen LogP contribution in [0.2, 0.25) is 0 Å². The molecule has 1 saturated heterocycles. The molecule has 1 aliphatic heterocycles. The van der Waals surface area contributed by atoms with Crippen LogP contribution in [0.4, 0.5) is 20.3 Å². The fourth-order valence-electron chi connectivity index (χ4n) is 2.67. The number of amides is 1. The van der Waals surface area contributed by atoms with Crippen LogP contribution in [0.1, 0.15) is 0 Å². The molecule has 24 heavy (non-hydrogen) atoms. The van der Waals surface area contributed by atoms with E-state index in [0.717, 1.165) is 18.0 Å². The van der Waals surface area contributed by atoms with Crippen molar-refractivity contribution in [1.82, 2.24) is 9.88 Å². The molecule has 0 radical (unpaired) electrons. The molecule has 1 aromatic heterocycles. The Hall–Kier alpha value is -2.70. The topological polar surface area (TPSA) is 48.5 Å². The molecule has 1 aromatic carbocycles. The van der Waals surface area contributed by atoms with E-state index in [1.54, 1.807) is 11.1 Å². The first-order chi connectivity index (χ1) is 11.6. The molecule has 2 heterocycles. The zero-order valence-corrected chi connectivity index (χ0v) is 13.1. The second kappa shape index (κ2) is 7.25. The zero-order valence-electron chi connectivity index (χ0n) is 13.1. The third-order valence-electron chi connectivity index (χ3n) is 3.98. The van der Waals surface area contributed by atoms with E-state index in [2.05, 4.69) is 15.2 Å². The summed E-state index contributed by atoms with van der Waals surface area (Å²) < 4.78 is 27.1. The number of halogens is 2. The summed E-state index contributed by atoms with van der Waals surface area (Å²) >= 11 is 0. The van der Waals surface area contributed by atoms with Gasteiger partial charge in [0.15, 0.2) is 0 Å². The molecule has 2 aromatic rings. The van der Waals surface area contributed by atoms with Gasteiger partial charge in [0.05, 0.1) is 6.54 Å². The van der Waals surface area contributed by atoms with E-state index >= 15 is 0 Å². The summed E-state index contributed by atoms with van der Waals surface area (Å²) in [6.07, 6.45) is 1.74. The van der Waals surface area contributed by atoms with Crippen LogP contribution in [0, 0.1) is 11.6 Å². The summed E-state index contributed by atoms with van der Waals surface area (Å²) in [5, 5.41) is 2.55. The number of rotatable bonds is 4. The van der Waals surface area contributed by atoms with Crippen LogP contribution in [0.5, 0.6) is 0 Å². The van der Waals surface area contributed by atoms with Gasteiger partial charge < -0.3 is 15.1 Å². The lowest BCUT2D eigenvalue weighted by Gasteiger charge is -2.35. The van der Waals surface area contributed by atoms with Gasteiger partial charge in [-0.2, -0.15) is 0 Å². The number of anilines is 2. The molecule has 1 aliphatic rings. The average molecular weight is 332 g/mol. The van der Waals surface area contributed by atoms with Crippen molar-refractivity contribution in [2.45, 2.75) is 0 Å². The first kappa shape index (κ1) is 16.2. The van der Waals surface area contributed by atoms with E-state index in [-0.39, 0.29) is 18.1 Å². The Morgan fingerprint density at radius 1 is 1.04 bits per heavy atom. The first-order valence-corrected chi connectivity index (χ1v) is 7.77. The number of pyridine rings is 1. The molecule has 0 unspecified atom stereocenters. The molecular formula is C17H18F2N4O. The van der Waals surface area contributed by atoms with Gasteiger partial charge in [-0.15, -0.1) is 0 Å². The number of nitrogens with zero attached hydrogens (tertiary/aromatic N) is 3. The van der Waals surface area contributed by atoms with Crippen molar-refractivity contribution in [3.05, 3.63) is 54.2 Å². The largest absolute Gasteiger partial charge is 0.371 e. The second-order valence-corrected chi connectivity index (χ2v) is 5.51. The van der Waals surface area contributed by atoms with E-state index < -0.39 is 11.6 Å². The maximum atomic E-state index is 13.5. The normalized spacial score (nSPS) is 14.6. The number of benzene rings is 1. The summed E-state index contributed by atoms with van der Waals surface area (Å²) in [6, 6.07) is 9.31. The first-order valence-electron chi connectivity index (χ1n) is 7.77. The van der Waals surface area contributed by atoms with Crippen molar-refractivity contribution in [2.75, 3.05) is 42.9 Å². The maximum Gasteiger partial charge on any atom is 0.241 e. The quantitative estimate of drug-likeness (QED) is 0.932. The minimum atomic E-state index is -0.706. The summed E-state index contributed by atoms with van der Waals surface area (Å²) in [7, 11) is 0. The summed E-state index contributed by atoms with van der Waals surface area (Å²) in [6.45, 7) is 2.32. The second-order valence-electron chi connectivity index (χ2n) is 5.51. The lowest BCUT2D eigenvalue weighted by molar-refractivity contribution is -0.129. The Balaban J connectivity index is 1.52. The highest BCUT2D eigenvalue weighted by Gasteiger charge is 2.22. The fourth-order valence-corrected chi connectivity index (χ4v) is 2.67. The zero-order chi connectivity index (χ0) is 16.9. The Kier molecular flexibility index (Phi) is 4.88. The molecule has 0 spiro atoms. The number of para-hydroxylation sites is 1. The highest BCUT2D eigenvalue weighted by Crippen LogP contribution is 2.18. The molecule has 1 N–H and O–H groups in total. The van der Waals surface area contributed by atoms with Crippen LogP contribution in [0.3, 0.4) is 0 Å². The summed E-state index contributed by atoms with van der Waals surface area (Å²) in [5.41, 5.74) is -0.266. The molecule has 0 aliphatic carbocycles. The predicted octanol–water partition coefficient (Wildman–Crippen LogP) is 2.12. The summed E-state index contributed by atoms with van der Waals surface area (Å²) in [5.74, 6) is -0.708. The van der Waals surface area contributed by atoms with Crippen molar-refractivity contribution in [3.8, 4) is 0 Å². The Bertz CT molecular complexity index is 683. The number of hydrogen-bond donors (Lipinski definition) is 1. The van der Waals surface area contributed by atoms with E-state index in [0.29, 0.717) is 26.2 Å². The van der Waals surface area contributed by atoms with Gasteiger partial charge in [-0.1, -0.05) is 12.1 Å². The van der Waals surface area contributed by atoms with E-state index in [4.69, 9.17) is 0 Å². The molecule has 1 amide bonds. The fraction of sp³-hybridized carbons (Fsp3) is 0.294. The van der Waals surface area contributed by atoms with Crippen molar-refractivity contribution >= 4 is 17.4 Å². The number of carbonyl (C=O) groups excluding carboxylic acids is 1. The van der Waals surface area contributed by atoms with Crippen LogP contribution in [-0.2, 0) is 4.79 Å². The van der Waals surface area contributed by atoms with E-state index in [9.17, 15) is 13.6 Å². The predicted molar refractivity (Wildman–Crippen MR) is 87.9 cm³/mol. The Labute approximate surface area is 138 Å². The SMILES string of the molecule is O=C(CNc1c(F)cccc1F)N1CCN(c2ccccn2)CC1. The minimum absolute atomic E-state index is 0.137. The van der Waals surface area contributed by atoms with Gasteiger partial charge in [0.1, 0.15) is 23.1 Å². The van der Waals surface area contributed by atoms with Crippen molar-refractivity contribution in [1.29, 1.82) is 0 Å². The molecule has 7 heteroatoms. The van der Waals surface area contributed by atoms with Crippen LogP contribution < -0.4 is 10.2 Å². The number of aromatic nitrogens is 1. The molecule has 3 rings (SSSR count). The van der Waals surface area contributed by atoms with Gasteiger partial charge in [-0.3, -0.25) is 4.79 Å². The third kappa shape index (κ3) is 3.61. The van der Waals surface area contributed by atoms with Gasteiger partial charge in [0.25, 0.3) is 0 Å². The lowest BCUT2D eigenvalue weighted by Crippen LogP contribution is -2.50. The molecular weight excluding hydrogens is 314 g/mol. The number of piperazine rings is 1. The molecule has 5 nitrogen and oxygen atoms in total. The number of carbonyl (C=O) groups is 1. The third-order valence-corrected chi connectivity index (χ3v) is 3.98. The van der Waals surface area contributed by atoms with Gasteiger partial charge in [0, 0.05) is 32.4 Å². The minimum Gasteiger partial charge on any atom is -0.371 e. The van der Waals surface area contributed by atoms with Gasteiger partial charge >= 0.3 is 0 Å². The number of hydrogen-bond acceptors (Lipinski definition) is 4. The molecule has 0 bridgehead atoms. The van der Waals surface area contributed by atoms with Gasteiger partial charge in [-0.25, -0.2) is 13.8 Å². The van der Waals surface area contributed by atoms with Gasteiger partial charge in [0.2, 0.25) is 5.91 Å². The van der Waals surface area contributed by atoms with E-state index in [1.165, 1.54) is 6.07 Å². The Morgan fingerprint density at radius 3 is 2.38 bits per heavy atom. The molecule has 0 saturated carbocycles. The summed E-state index contributed by atoms with van der Waals surface area (Å²) in [4.78, 5) is 20.3. The monoisotopic (exact) mass is 332 g/mol. The van der Waals surface area contributed by atoms with Crippen LogP contribution in [0.15, 0.2) is 42.6 Å². The van der Waals surface area contributed by atoms with Gasteiger partial charge in [-0.05, 0) is 24.3 Å². The maximum absolute atomic E-state index is 13.5. The van der Waals surface area contributed by atoms with Crippen LogP contribution >= 0.6 is 0 Å². The van der Waals surface area contributed by atoms with E-state index in [1.807, 2.05) is 18.2 Å². The lowest BCUT2D eigenvalue weighted by atomic mass is 10.2. The van der Waals surface area contributed by atoms with Crippen molar-refractivity contribution in [2.24, 2.45) is 0 Å². The van der Waals surface area contributed by atoms with Crippen molar-refractivity contribution in [3.63, 3.8) is 0 Å². The number of nitrogens with one attached hydrogen (secondary N) is 1.